The maximum Gasteiger partial charge on any atom is 0.263 e. The lowest BCUT2D eigenvalue weighted by Gasteiger charge is -2.19. The zero-order chi connectivity index (χ0) is 15.0. The number of nitrogens with one attached hydrogen (secondary N) is 1. The maximum absolute atomic E-state index is 12.5. The van der Waals surface area contributed by atoms with E-state index in [0.29, 0.717) is 10.6 Å². The lowest BCUT2D eigenvalue weighted by molar-refractivity contribution is 0.0725. The molecule has 0 saturated heterocycles. The van der Waals surface area contributed by atoms with E-state index in [4.69, 9.17) is 10.5 Å². The third kappa shape index (κ3) is 2.80. The Kier molecular flexibility index (Phi) is 4.19. The van der Waals surface area contributed by atoms with Gasteiger partial charge in [-0.15, -0.1) is 11.3 Å². The Morgan fingerprint density at radius 2 is 2.29 bits per heavy atom. The minimum atomic E-state index is -0.0984. The van der Waals surface area contributed by atoms with Crippen molar-refractivity contribution in [3.05, 3.63) is 27.5 Å². The van der Waals surface area contributed by atoms with Crippen LogP contribution in [0.4, 0.5) is 5.69 Å². The van der Waals surface area contributed by atoms with Gasteiger partial charge in [-0.2, -0.15) is 0 Å². The first-order valence-electron chi connectivity index (χ1n) is 6.91. The van der Waals surface area contributed by atoms with Crippen molar-refractivity contribution in [3.63, 3.8) is 0 Å². The smallest absolute Gasteiger partial charge is 0.263 e. The molecular formula is C15H17BrN2O2S. The summed E-state index contributed by atoms with van der Waals surface area (Å²) in [5, 5.41) is 4.00. The van der Waals surface area contributed by atoms with E-state index in [-0.39, 0.29) is 18.1 Å². The minimum Gasteiger partial charge on any atom is -0.397 e. The number of fused-ring (bicyclic) bond motifs is 1. The van der Waals surface area contributed by atoms with Crippen LogP contribution >= 0.6 is 27.3 Å². The highest BCUT2D eigenvalue weighted by molar-refractivity contribution is 9.10. The van der Waals surface area contributed by atoms with E-state index in [1.807, 2.05) is 18.2 Å². The van der Waals surface area contributed by atoms with Gasteiger partial charge in [0.15, 0.2) is 0 Å². The van der Waals surface area contributed by atoms with Crippen molar-refractivity contribution in [2.75, 3.05) is 12.8 Å². The molecule has 3 rings (SSSR count). The molecule has 2 atom stereocenters. The van der Waals surface area contributed by atoms with Gasteiger partial charge in [0.25, 0.3) is 5.91 Å². The van der Waals surface area contributed by atoms with Gasteiger partial charge < -0.3 is 15.8 Å². The number of halogens is 1. The van der Waals surface area contributed by atoms with Crippen LogP contribution in [0.25, 0.3) is 10.1 Å². The second-order valence-electron chi connectivity index (χ2n) is 5.27. The molecule has 21 heavy (non-hydrogen) atoms. The Balaban J connectivity index is 1.86. The van der Waals surface area contributed by atoms with Crippen molar-refractivity contribution in [1.29, 1.82) is 0 Å². The highest BCUT2D eigenvalue weighted by Crippen LogP contribution is 2.35. The molecule has 2 aromatic rings. The highest BCUT2D eigenvalue weighted by Gasteiger charge is 2.29. The Morgan fingerprint density at radius 1 is 1.48 bits per heavy atom. The number of carbonyl (C=O) groups excluding carboxylic acids is 1. The van der Waals surface area contributed by atoms with Crippen LogP contribution in [-0.4, -0.2) is 25.2 Å². The number of nitrogens with two attached hydrogens (primary N) is 1. The van der Waals surface area contributed by atoms with Gasteiger partial charge in [-0.25, -0.2) is 0 Å². The first-order valence-corrected chi connectivity index (χ1v) is 8.52. The van der Waals surface area contributed by atoms with Crippen molar-refractivity contribution < 1.29 is 9.53 Å². The normalized spacial score (nSPS) is 21.8. The topological polar surface area (TPSA) is 64.3 Å². The van der Waals surface area contributed by atoms with Crippen LogP contribution in [0.3, 0.4) is 0 Å². The number of nitrogen functional groups attached to an aromatic ring is 1. The molecule has 1 aliphatic rings. The molecular weight excluding hydrogens is 352 g/mol. The summed E-state index contributed by atoms with van der Waals surface area (Å²) in [6, 6.07) is 5.94. The third-order valence-electron chi connectivity index (χ3n) is 3.97. The first-order chi connectivity index (χ1) is 10.1. The van der Waals surface area contributed by atoms with Crippen LogP contribution in [0.15, 0.2) is 22.7 Å². The average Bonchev–Trinajstić information content (AvgIpc) is 3.03. The maximum atomic E-state index is 12.5. The summed E-state index contributed by atoms with van der Waals surface area (Å²) in [4.78, 5) is 13.1. The van der Waals surface area contributed by atoms with Crippen LogP contribution < -0.4 is 11.1 Å². The van der Waals surface area contributed by atoms with Gasteiger partial charge in [-0.05, 0) is 31.4 Å². The third-order valence-corrected chi connectivity index (χ3v) is 5.63. The number of ether oxygens (including phenoxy) is 1. The molecule has 6 heteroatoms. The second-order valence-corrected chi connectivity index (χ2v) is 7.24. The molecule has 1 aromatic carbocycles. The van der Waals surface area contributed by atoms with Crippen molar-refractivity contribution in [2.45, 2.75) is 31.4 Å². The fourth-order valence-electron chi connectivity index (χ4n) is 2.87. The fraction of sp³-hybridized carbons (Fsp3) is 0.400. The average molecular weight is 369 g/mol. The number of hydrogen-bond acceptors (Lipinski definition) is 4. The number of benzene rings is 1. The molecule has 112 valence electrons. The van der Waals surface area contributed by atoms with Crippen LogP contribution in [-0.2, 0) is 4.74 Å². The molecule has 1 aliphatic carbocycles. The molecule has 0 radical (unpaired) electrons. The first kappa shape index (κ1) is 14.8. The predicted octanol–water partition coefficient (Wildman–Crippen LogP) is 3.54. The Labute approximate surface area is 135 Å². The molecule has 3 N–H and O–H groups in total. The van der Waals surface area contributed by atoms with Crippen molar-refractivity contribution in [1.82, 2.24) is 5.32 Å². The summed E-state index contributed by atoms with van der Waals surface area (Å²) in [5.74, 6) is -0.0984. The standard InChI is InChI=1S/C15H17BrN2O2S/c1-20-11-4-2-3-10(11)18-15(19)14-13(17)9-6-5-8(16)7-12(9)21-14/h5-7,10-11H,2-4,17H2,1H3,(H,18,19). The van der Waals surface area contributed by atoms with Crippen molar-refractivity contribution >= 4 is 48.9 Å². The number of thiophene rings is 1. The Bertz CT molecular complexity index is 686. The van der Waals surface area contributed by atoms with Gasteiger partial charge in [-0.1, -0.05) is 22.0 Å². The van der Waals surface area contributed by atoms with Gasteiger partial charge in [0, 0.05) is 21.7 Å². The molecule has 0 spiro atoms. The molecule has 0 bridgehead atoms. The minimum absolute atomic E-state index is 0.0823. The molecule has 0 aliphatic heterocycles. The summed E-state index contributed by atoms with van der Waals surface area (Å²) < 4.78 is 7.42. The molecule has 1 fully saturated rings. The molecule has 1 aromatic heterocycles. The number of amides is 1. The number of carbonyl (C=O) groups is 1. The molecule has 1 heterocycles. The SMILES string of the molecule is COC1CCCC1NC(=O)c1sc2cc(Br)ccc2c1N. The van der Waals surface area contributed by atoms with E-state index in [2.05, 4.69) is 21.2 Å². The number of anilines is 1. The van der Waals surface area contributed by atoms with E-state index >= 15 is 0 Å². The quantitative estimate of drug-likeness (QED) is 0.870. The van der Waals surface area contributed by atoms with Crippen molar-refractivity contribution in [2.24, 2.45) is 0 Å². The number of rotatable bonds is 3. The van der Waals surface area contributed by atoms with E-state index < -0.39 is 0 Å². The second kappa shape index (κ2) is 5.94. The molecule has 4 nitrogen and oxygen atoms in total. The summed E-state index contributed by atoms with van der Waals surface area (Å²) in [6.07, 6.45) is 3.15. The summed E-state index contributed by atoms with van der Waals surface area (Å²) >= 11 is 4.87. The summed E-state index contributed by atoms with van der Waals surface area (Å²) in [7, 11) is 1.69. The lowest BCUT2D eigenvalue weighted by atomic mass is 10.2. The van der Waals surface area contributed by atoms with Crippen molar-refractivity contribution in [3.8, 4) is 0 Å². The van der Waals surface area contributed by atoms with Gasteiger partial charge in [0.2, 0.25) is 0 Å². The van der Waals surface area contributed by atoms with Crippen LogP contribution in [0.2, 0.25) is 0 Å². The predicted molar refractivity (Wildman–Crippen MR) is 89.8 cm³/mol. The Morgan fingerprint density at radius 3 is 3.05 bits per heavy atom. The molecule has 1 amide bonds. The van der Waals surface area contributed by atoms with Crippen LogP contribution in [0.1, 0.15) is 28.9 Å². The van der Waals surface area contributed by atoms with E-state index in [9.17, 15) is 4.79 Å². The monoisotopic (exact) mass is 368 g/mol. The molecule has 2 unspecified atom stereocenters. The fourth-order valence-corrected chi connectivity index (χ4v) is 4.44. The summed E-state index contributed by atoms with van der Waals surface area (Å²) in [6.45, 7) is 0. The lowest BCUT2D eigenvalue weighted by Crippen LogP contribution is -2.40. The van der Waals surface area contributed by atoms with Gasteiger partial charge in [0.1, 0.15) is 4.88 Å². The van der Waals surface area contributed by atoms with Gasteiger partial charge >= 0.3 is 0 Å². The van der Waals surface area contributed by atoms with E-state index in [1.165, 1.54) is 11.3 Å². The Hall–Kier alpha value is -1.11. The van der Waals surface area contributed by atoms with Crippen LogP contribution in [0.5, 0.6) is 0 Å². The zero-order valence-corrected chi connectivity index (χ0v) is 14.1. The van der Waals surface area contributed by atoms with E-state index in [0.717, 1.165) is 33.8 Å². The van der Waals surface area contributed by atoms with E-state index in [1.54, 1.807) is 7.11 Å². The zero-order valence-electron chi connectivity index (χ0n) is 11.7. The molecule has 1 saturated carbocycles. The van der Waals surface area contributed by atoms with Crippen LogP contribution in [0, 0.1) is 0 Å². The highest BCUT2D eigenvalue weighted by atomic mass is 79.9. The number of methoxy groups -OCH3 is 1. The largest absolute Gasteiger partial charge is 0.397 e. The van der Waals surface area contributed by atoms with Gasteiger partial charge in [0.05, 0.1) is 17.8 Å². The number of hydrogen-bond donors (Lipinski definition) is 2. The van der Waals surface area contributed by atoms with Gasteiger partial charge in [-0.3, -0.25) is 4.79 Å². The summed E-state index contributed by atoms with van der Waals surface area (Å²) in [5.41, 5.74) is 6.70.